The van der Waals surface area contributed by atoms with Crippen LogP contribution in [0.25, 0.3) is 0 Å². The lowest BCUT2D eigenvalue weighted by atomic mass is 10.4. The zero-order valence-corrected chi connectivity index (χ0v) is 12.4. The quantitative estimate of drug-likeness (QED) is 0.817. The van der Waals surface area contributed by atoms with E-state index in [2.05, 4.69) is 40.1 Å². The number of thioether (sulfide) groups is 1. The van der Waals surface area contributed by atoms with E-state index in [1.807, 2.05) is 18.7 Å². The molecule has 2 aromatic heterocycles. The minimum atomic E-state index is 0.556. The minimum absolute atomic E-state index is 0.556. The largest absolute Gasteiger partial charge is 0.311 e. The number of aromatic nitrogens is 1. The molecule has 0 aliphatic carbocycles. The summed E-state index contributed by atoms with van der Waals surface area (Å²) < 4.78 is 1.17. The van der Waals surface area contributed by atoms with Crippen molar-refractivity contribution in [2.24, 2.45) is 0 Å². The molecule has 0 amide bonds. The first-order chi connectivity index (χ1) is 8.24. The lowest BCUT2D eigenvalue weighted by Crippen LogP contribution is -2.21. The van der Waals surface area contributed by atoms with Crippen LogP contribution in [0.5, 0.6) is 0 Å². The smallest absolute Gasteiger partial charge is 0.150 e. The summed E-state index contributed by atoms with van der Waals surface area (Å²) >= 11 is 5.39. The molecule has 2 nitrogen and oxygen atoms in total. The number of rotatable bonds is 6. The highest BCUT2D eigenvalue weighted by molar-refractivity contribution is 8.01. The van der Waals surface area contributed by atoms with Gasteiger partial charge in [0.05, 0.1) is 0 Å². The normalized spacial score (nSPS) is 12.8. The van der Waals surface area contributed by atoms with E-state index < -0.39 is 0 Å². The molecule has 2 rings (SSSR count). The van der Waals surface area contributed by atoms with E-state index in [-0.39, 0.29) is 0 Å². The highest BCUT2D eigenvalue weighted by atomic mass is 32.2. The maximum atomic E-state index is 4.46. The Morgan fingerprint density at radius 1 is 1.47 bits per heavy atom. The van der Waals surface area contributed by atoms with Gasteiger partial charge in [-0.25, -0.2) is 4.98 Å². The molecule has 1 atom stereocenters. The molecular weight excluding hydrogens is 268 g/mol. The van der Waals surface area contributed by atoms with Crippen LogP contribution in [0.1, 0.15) is 17.5 Å². The van der Waals surface area contributed by atoms with Crippen LogP contribution < -0.4 is 5.32 Å². The van der Waals surface area contributed by atoms with Crippen molar-refractivity contribution in [3.63, 3.8) is 0 Å². The number of hydrogen-bond acceptors (Lipinski definition) is 5. The van der Waals surface area contributed by atoms with Gasteiger partial charge in [-0.1, -0.05) is 24.8 Å². The molecule has 1 N–H and O–H groups in total. The number of nitrogens with one attached hydrogen (secondary N) is 1. The Labute approximate surface area is 114 Å². The standard InChI is InChI=1S/C12H16N2S3/c1-9-8-16-12(14-9)17-10(2)6-13-7-11-4-3-5-15-11/h3-5,8,10,13H,6-7H2,1-2H3. The summed E-state index contributed by atoms with van der Waals surface area (Å²) in [5.74, 6) is 0. The van der Waals surface area contributed by atoms with Crippen molar-refractivity contribution in [3.8, 4) is 0 Å². The summed E-state index contributed by atoms with van der Waals surface area (Å²) in [6.45, 7) is 6.27. The number of thiophene rings is 1. The third-order valence-corrected chi connectivity index (χ3v) is 5.28. The molecule has 0 aliphatic rings. The van der Waals surface area contributed by atoms with Crippen molar-refractivity contribution in [2.75, 3.05) is 6.54 Å². The van der Waals surface area contributed by atoms with Crippen LogP contribution in [-0.2, 0) is 6.54 Å². The molecule has 0 aromatic carbocycles. The highest BCUT2D eigenvalue weighted by Crippen LogP contribution is 2.26. The van der Waals surface area contributed by atoms with Crippen LogP contribution in [0, 0.1) is 6.92 Å². The van der Waals surface area contributed by atoms with E-state index in [1.54, 1.807) is 22.7 Å². The van der Waals surface area contributed by atoms with Crippen molar-refractivity contribution in [3.05, 3.63) is 33.5 Å². The van der Waals surface area contributed by atoms with Gasteiger partial charge in [-0.3, -0.25) is 0 Å². The molecule has 0 aliphatic heterocycles. The number of thiazole rings is 1. The topological polar surface area (TPSA) is 24.9 Å². The van der Waals surface area contributed by atoms with Crippen molar-refractivity contribution >= 4 is 34.4 Å². The Hall–Kier alpha value is -0.360. The predicted molar refractivity (Wildman–Crippen MR) is 78.2 cm³/mol. The fourth-order valence-corrected chi connectivity index (χ4v) is 4.21. The first kappa shape index (κ1) is 13.1. The van der Waals surface area contributed by atoms with Gasteiger partial charge in [0.2, 0.25) is 0 Å². The molecule has 17 heavy (non-hydrogen) atoms. The summed E-state index contributed by atoms with van der Waals surface area (Å²) in [4.78, 5) is 5.86. The molecular formula is C12H16N2S3. The van der Waals surface area contributed by atoms with Crippen LogP contribution in [0.4, 0.5) is 0 Å². The van der Waals surface area contributed by atoms with E-state index in [0.717, 1.165) is 18.8 Å². The van der Waals surface area contributed by atoms with Crippen LogP contribution >= 0.6 is 34.4 Å². The van der Waals surface area contributed by atoms with Gasteiger partial charge in [0.15, 0.2) is 0 Å². The predicted octanol–water partition coefficient (Wildman–Crippen LogP) is 3.78. The van der Waals surface area contributed by atoms with Gasteiger partial charge in [0.25, 0.3) is 0 Å². The Balaban J connectivity index is 1.69. The monoisotopic (exact) mass is 284 g/mol. The van der Waals surface area contributed by atoms with Gasteiger partial charge in [0, 0.05) is 34.3 Å². The molecule has 0 bridgehead atoms. The van der Waals surface area contributed by atoms with Crippen molar-refractivity contribution in [2.45, 2.75) is 30.0 Å². The van der Waals surface area contributed by atoms with Crippen molar-refractivity contribution in [1.82, 2.24) is 10.3 Å². The van der Waals surface area contributed by atoms with Crippen LogP contribution in [0.3, 0.4) is 0 Å². The molecule has 5 heteroatoms. The van der Waals surface area contributed by atoms with E-state index in [9.17, 15) is 0 Å². The van der Waals surface area contributed by atoms with Crippen LogP contribution in [-0.4, -0.2) is 16.8 Å². The third kappa shape index (κ3) is 4.43. The van der Waals surface area contributed by atoms with E-state index in [4.69, 9.17) is 0 Å². The Bertz CT molecular complexity index is 436. The van der Waals surface area contributed by atoms with Gasteiger partial charge in [-0.15, -0.1) is 22.7 Å². The molecule has 0 saturated carbocycles. The SMILES string of the molecule is Cc1csc(SC(C)CNCc2cccs2)n1. The van der Waals surface area contributed by atoms with E-state index in [1.165, 1.54) is 9.22 Å². The van der Waals surface area contributed by atoms with E-state index in [0.29, 0.717) is 5.25 Å². The number of aryl methyl sites for hydroxylation is 1. The third-order valence-electron chi connectivity index (χ3n) is 2.21. The molecule has 0 fully saturated rings. The average Bonchev–Trinajstić information content (AvgIpc) is 2.90. The second-order valence-corrected chi connectivity index (χ2v) is 7.47. The summed E-state index contributed by atoms with van der Waals surface area (Å²) in [6, 6.07) is 4.26. The summed E-state index contributed by atoms with van der Waals surface area (Å²) in [5.41, 5.74) is 1.12. The summed E-state index contributed by atoms with van der Waals surface area (Å²) in [7, 11) is 0. The maximum Gasteiger partial charge on any atom is 0.150 e. The first-order valence-electron chi connectivity index (χ1n) is 5.56. The molecule has 0 radical (unpaired) electrons. The minimum Gasteiger partial charge on any atom is -0.311 e. The Morgan fingerprint density at radius 2 is 2.35 bits per heavy atom. The molecule has 0 saturated heterocycles. The second-order valence-electron chi connectivity index (χ2n) is 3.89. The zero-order valence-electron chi connectivity index (χ0n) is 9.97. The van der Waals surface area contributed by atoms with Crippen LogP contribution in [0.2, 0.25) is 0 Å². The molecule has 2 heterocycles. The highest BCUT2D eigenvalue weighted by Gasteiger charge is 2.07. The van der Waals surface area contributed by atoms with Crippen molar-refractivity contribution in [1.29, 1.82) is 0 Å². The average molecular weight is 284 g/mol. The van der Waals surface area contributed by atoms with E-state index >= 15 is 0 Å². The number of hydrogen-bond donors (Lipinski definition) is 1. The summed E-state index contributed by atoms with van der Waals surface area (Å²) in [6.07, 6.45) is 0. The second kappa shape index (κ2) is 6.54. The Kier molecular flexibility index (Phi) is 5.03. The van der Waals surface area contributed by atoms with Gasteiger partial charge in [-0.2, -0.15) is 0 Å². The maximum absolute atomic E-state index is 4.46. The molecule has 0 spiro atoms. The lowest BCUT2D eigenvalue weighted by Gasteiger charge is -2.09. The van der Waals surface area contributed by atoms with Gasteiger partial charge in [-0.05, 0) is 18.4 Å². The number of nitrogens with zero attached hydrogens (tertiary/aromatic N) is 1. The molecule has 1 unspecified atom stereocenters. The van der Waals surface area contributed by atoms with Gasteiger partial charge >= 0.3 is 0 Å². The Morgan fingerprint density at radius 3 is 3.00 bits per heavy atom. The zero-order chi connectivity index (χ0) is 12.1. The van der Waals surface area contributed by atoms with Crippen molar-refractivity contribution < 1.29 is 0 Å². The fourth-order valence-electron chi connectivity index (χ4n) is 1.41. The fraction of sp³-hybridized carbons (Fsp3) is 0.417. The van der Waals surface area contributed by atoms with Crippen LogP contribution in [0.15, 0.2) is 27.2 Å². The lowest BCUT2D eigenvalue weighted by molar-refractivity contribution is 0.690. The molecule has 2 aromatic rings. The first-order valence-corrected chi connectivity index (χ1v) is 8.20. The molecule has 92 valence electrons. The summed E-state index contributed by atoms with van der Waals surface area (Å²) in [5, 5.41) is 8.26. The van der Waals surface area contributed by atoms with Gasteiger partial charge in [0.1, 0.15) is 4.34 Å². The van der Waals surface area contributed by atoms with Gasteiger partial charge < -0.3 is 5.32 Å².